The van der Waals surface area contributed by atoms with Crippen molar-refractivity contribution < 1.29 is 0 Å². The average molecular weight is 397 g/mol. The van der Waals surface area contributed by atoms with Gasteiger partial charge in [0.2, 0.25) is 0 Å². The fourth-order valence-electron chi connectivity index (χ4n) is 3.56. The van der Waals surface area contributed by atoms with Gasteiger partial charge in [0.25, 0.3) is 0 Å². The van der Waals surface area contributed by atoms with Crippen LogP contribution in [0.25, 0.3) is 0 Å². The predicted molar refractivity (Wildman–Crippen MR) is 122 cm³/mol. The summed E-state index contributed by atoms with van der Waals surface area (Å²) in [6, 6.07) is 29.6. The van der Waals surface area contributed by atoms with Crippen molar-refractivity contribution in [2.24, 2.45) is 0 Å². The Hall–Kier alpha value is -2.93. The fourth-order valence-corrected chi connectivity index (χ4v) is 8.23. The van der Waals surface area contributed by atoms with Gasteiger partial charge in [-0.25, -0.2) is 0 Å². The maximum absolute atomic E-state index is 9.03. The van der Waals surface area contributed by atoms with E-state index in [0.29, 0.717) is 11.1 Å². The van der Waals surface area contributed by atoms with Crippen molar-refractivity contribution in [1.29, 1.82) is 10.5 Å². The maximum Gasteiger partial charge on any atom is 0.112 e. The van der Waals surface area contributed by atoms with Crippen molar-refractivity contribution in [2.45, 2.75) is 26.2 Å². The second kappa shape index (κ2) is 7.60. The van der Waals surface area contributed by atoms with Gasteiger partial charge in [-0.3, -0.25) is 0 Å². The summed E-state index contributed by atoms with van der Waals surface area (Å²) in [5, 5.41) is 23.5. The van der Waals surface area contributed by atoms with Crippen LogP contribution in [0.3, 0.4) is 0 Å². The zero-order chi connectivity index (χ0) is 20.4. The minimum atomic E-state index is -1.79. The van der Waals surface area contributed by atoms with E-state index in [4.69, 9.17) is 10.5 Å². The van der Waals surface area contributed by atoms with Gasteiger partial charge in [-0.1, -0.05) is 95.5 Å². The molecule has 138 valence electrons. The lowest BCUT2D eigenvalue weighted by Gasteiger charge is -2.27. The SMILES string of the molecule is C[Si](C)(c1ccc(C#N)cc1)c1ccc([Si](C)(C)c2ccc(C#N)cc2)cc1. The molecular weight excluding hydrogens is 372 g/mol. The zero-order valence-corrected chi connectivity index (χ0v) is 18.8. The molecule has 0 N–H and O–H groups in total. The van der Waals surface area contributed by atoms with E-state index < -0.39 is 16.1 Å². The topological polar surface area (TPSA) is 47.6 Å². The molecule has 0 heterocycles. The number of hydrogen-bond donors (Lipinski definition) is 0. The Morgan fingerprint density at radius 3 is 0.893 bits per heavy atom. The molecule has 0 atom stereocenters. The van der Waals surface area contributed by atoms with Crippen LogP contribution < -0.4 is 20.7 Å². The Balaban J connectivity index is 1.91. The first-order chi connectivity index (χ1) is 13.3. The van der Waals surface area contributed by atoms with E-state index in [1.54, 1.807) is 0 Å². The minimum Gasteiger partial charge on any atom is -0.192 e. The van der Waals surface area contributed by atoms with Crippen LogP contribution in [-0.2, 0) is 0 Å². The molecule has 0 aliphatic heterocycles. The van der Waals surface area contributed by atoms with Gasteiger partial charge in [0.05, 0.1) is 23.3 Å². The number of hydrogen-bond acceptors (Lipinski definition) is 2. The van der Waals surface area contributed by atoms with Gasteiger partial charge in [0, 0.05) is 0 Å². The van der Waals surface area contributed by atoms with Crippen LogP contribution >= 0.6 is 0 Å². The Morgan fingerprint density at radius 1 is 0.464 bits per heavy atom. The van der Waals surface area contributed by atoms with Gasteiger partial charge in [-0.15, -0.1) is 0 Å². The van der Waals surface area contributed by atoms with Gasteiger partial charge >= 0.3 is 0 Å². The molecule has 0 unspecified atom stereocenters. The molecule has 0 amide bonds. The lowest BCUT2D eigenvalue weighted by Crippen LogP contribution is -2.55. The number of nitriles is 2. The first-order valence-corrected chi connectivity index (χ1v) is 15.4. The van der Waals surface area contributed by atoms with Crippen molar-refractivity contribution in [3.63, 3.8) is 0 Å². The summed E-state index contributed by atoms with van der Waals surface area (Å²) in [6.07, 6.45) is 0. The van der Waals surface area contributed by atoms with Crippen molar-refractivity contribution in [3.8, 4) is 12.1 Å². The Kier molecular flexibility index (Phi) is 5.38. The van der Waals surface area contributed by atoms with E-state index >= 15 is 0 Å². The second-order valence-corrected chi connectivity index (χ2v) is 17.0. The highest BCUT2D eigenvalue weighted by atomic mass is 28.3. The van der Waals surface area contributed by atoms with Crippen LogP contribution in [0.4, 0.5) is 0 Å². The lowest BCUT2D eigenvalue weighted by molar-refractivity contribution is 1.49. The number of benzene rings is 3. The molecular formula is C24H24N2Si2. The third-order valence-corrected chi connectivity index (χ3v) is 12.9. The van der Waals surface area contributed by atoms with Crippen LogP contribution in [0, 0.1) is 22.7 Å². The smallest absolute Gasteiger partial charge is 0.112 e. The summed E-state index contributed by atoms with van der Waals surface area (Å²) in [6.45, 7) is 9.41. The molecule has 0 aliphatic rings. The van der Waals surface area contributed by atoms with E-state index in [1.807, 2.05) is 24.3 Å². The largest absolute Gasteiger partial charge is 0.192 e. The monoisotopic (exact) mass is 396 g/mol. The molecule has 0 aromatic heterocycles. The molecule has 0 radical (unpaired) electrons. The molecule has 3 aromatic carbocycles. The summed E-state index contributed by atoms with van der Waals surface area (Å²) in [7, 11) is -3.59. The first-order valence-electron chi connectivity index (χ1n) is 9.41. The van der Waals surface area contributed by atoms with E-state index in [0.717, 1.165) is 0 Å². The van der Waals surface area contributed by atoms with Gasteiger partial charge in [-0.05, 0) is 24.3 Å². The van der Waals surface area contributed by atoms with Crippen molar-refractivity contribution in [1.82, 2.24) is 0 Å². The fraction of sp³-hybridized carbons (Fsp3) is 0.167. The summed E-state index contributed by atoms with van der Waals surface area (Å²) >= 11 is 0. The van der Waals surface area contributed by atoms with Gasteiger partial charge < -0.3 is 0 Å². The number of nitrogens with zero attached hydrogens (tertiary/aromatic N) is 2. The molecule has 3 rings (SSSR count). The third kappa shape index (κ3) is 3.71. The summed E-state index contributed by atoms with van der Waals surface area (Å²) in [5.41, 5.74) is 1.41. The highest BCUT2D eigenvalue weighted by molar-refractivity contribution is 7.01. The van der Waals surface area contributed by atoms with Crippen LogP contribution in [-0.4, -0.2) is 16.1 Å². The molecule has 2 nitrogen and oxygen atoms in total. The molecule has 0 fully saturated rings. The minimum absolute atomic E-state index is 0.707. The summed E-state index contributed by atoms with van der Waals surface area (Å²) < 4.78 is 0. The van der Waals surface area contributed by atoms with Crippen molar-refractivity contribution in [2.75, 3.05) is 0 Å². The van der Waals surface area contributed by atoms with Crippen LogP contribution in [0.2, 0.25) is 26.2 Å². The van der Waals surface area contributed by atoms with E-state index in [1.165, 1.54) is 20.7 Å². The van der Waals surface area contributed by atoms with Crippen LogP contribution in [0.15, 0.2) is 72.8 Å². The lowest BCUT2D eigenvalue weighted by atomic mass is 10.2. The summed E-state index contributed by atoms with van der Waals surface area (Å²) in [5.74, 6) is 0. The van der Waals surface area contributed by atoms with Gasteiger partial charge in [0.15, 0.2) is 0 Å². The van der Waals surface area contributed by atoms with Crippen molar-refractivity contribution in [3.05, 3.63) is 83.9 Å². The van der Waals surface area contributed by atoms with Crippen LogP contribution in [0.5, 0.6) is 0 Å². The normalized spacial score (nSPS) is 11.5. The predicted octanol–water partition coefficient (Wildman–Crippen LogP) is 3.08. The summed E-state index contributed by atoms with van der Waals surface area (Å²) in [4.78, 5) is 0. The van der Waals surface area contributed by atoms with E-state index in [-0.39, 0.29) is 0 Å². The molecule has 3 aromatic rings. The third-order valence-electron chi connectivity index (χ3n) is 5.80. The second-order valence-electron chi connectivity index (χ2n) is 8.21. The van der Waals surface area contributed by atoms with Crippen molar-refractivity contribution >= 4 is 36.9 Å². The molecule has 0 saturated carbocycles. The first kappa shape index (κ1) is 19.8. The molecule has 4 heteroatoms. The highest BCUT2D eigenvalue weighted by Crippen LogP contribution is 2.09. The Morgan fingerprint density at radius 2 is 0.679 bits per heavy atom. The van der Waals surface area contributed by atoms with E-state index in [2.05, 4.69) is 86.9 Å². The molecule has 28 heavy (non-hydrogen) atoms. The molecule has 0 aliphatic carbocycles. The number of rotatable bonds is 4. The quantitative estimate of drug-likeness (QED) is 0.636. The molecule has 0 bridgehead atoms. The Bertz CT molecular complexity index is 962. The zero-order valence-electron chi connectivity index (χ0n) is 16.8. The highest BCUT2D eigenvalue weighted by Gasteiger charge is 2.29. The van der Waals surface area contributed by atoms with Gasteiger partial charge in [0.1, 0.15) is 16.1 Å². The van der Waals surface area contributed by atoms with Gasteiger partial charge in [-0.2, -0.15) is 10.5 Å². The Labute approximate surface area is 169 Å². The molecule has 0 saturated heterocycles. The molecule has 0 spiro atoms. The average Bonchev–Trinajstić information content (AvgIpc) is 2.74. The standard InChI is InChI=1S/C24H24N2Si2/c1-27(2,21-9-5-19(17-25)6-10-21)23-13-15-24(16-14-23)28(3,4)22-11-7-20(18-26)8-12-22/h5-16H,1-4H3. The van der Waals surface area contributed by atoms with E-state index in [9.17, 15) is 0 Å². The maximum atomic E-state index is 9.03. The van der Waals surface area contributed by atoms with Crippen LogP contribution in [0.1, 0.15) is 11.1 Å².